The maximum absolute atomic E-state index is 11.9. The van der Waals surface area contributed by atoms with E-state index < -0.39 is 0 Å². The van der Waals surface area contributed by atoms with Crippen molar-refractivity contribution in [3.8, 4) is 0 Å². The number of carbonyl (C=O) groups is 1. The predicted molar refractivity (Wildman–Crippen MR) is 74.9 cm³/mol. The fourth-order valence-corrected chi connectivity index (χ4v) is 1.74. The fourth-order valence-electron chi connectivity index (χ4n) is 1.74. The average Bonchev–Trinajstić information content (AvgIpc) is 2.40. The molecule has 92 valence electrons. The van der Waals surface area contributed by atoms with E-state index >= 15 is 0 Å². The third-order valence-electron chi connectivity index (χ3n) is 2.87. The number of amides is 1. The van der Waals surface area contributed by atoms with Crippen LogP contribution in [0, 0.1) is 0 Å². The summed E-state index contributed by atoms with van der Waals surface area (Å²) in [6.07, 6.45) is 0. The molecule has 0 saturated carbocycles. The first kappa shape index (κ1) is 12.4. The molecule has 2 rings (SSSR count). The standard InChI is InChI=1S/C16H17NO/c1-12(2)13-8-10-15(11-9-13)17-16(18)14-6-4-3-5-7-14/h3-12H,1-2H3,(H,17,18). The monoisotopic (exact) mass is 239 g/mol. The lowest BCUT2D eigenvalue weighted by molar-refractivity contribution is 0.102. The summed E-state index contributed by atoms with van der Waals surface area (Å²) in [4.78, 5) is 11.9. The Balaban J connectivity index is 2.08. The quantitative estimate of drug-likeness (QED) is 0.859. The van der Waals surface area contributed by atoms with Crippen molar-refractivity contribution in [2.75, 3.05) is 5.32 Å². The largest absolute Gasteiger partial charge is 0.322 e. The molecule has 0 radical (unpaired) electrons. The highest BCUT2D eigenvalue weighted by atomic mass is 16.1. The normalized spacial score (nSPS) is 10.4. The average molecular weight is 239 g/mol. The van der Waals surface area contributed by atoms with Crippen LogP contribution >= 0.6 is 0 Å². The second-order valence-electron chi connectivity index (χ2n) is 4.60. The van der Waals surface area contributed by atoms with E-state index in [9.17, 15) is 4.79 Å². The Labute approximate surface area is 108 Å². The summed E-state index contributed by atoms with van der Waals surface area (Å²) in [6.45, 7) is 4.30. The van der Waals surface area contributed by atoms with E-state index in [1.54, 1.807) is 12.1 Å². The van der Waals surface area contributed by atoms with E-state index in [1.807, 2.05) is 42.5 Å². The lowest BCUT2D eigenvalue weighted by atomic mass is 10.0. The lowest BCUT2D eigenvalue weighted by Gasteiger charge is -2.08. The number of nitrogens with one attached hydrogen (secondary N) is 1. The van der Waals surface area contributed by atoms with Crippen molar-refractivity contribution >= 4 is 11.6 Å². The van der Waals surface area contributed by atoms with E-state index in [-0.39, 0.29) is 5.91 Å². The van der Waals surface area contributed by atoms with Gasteiger partial charge in [-0.05, 0) is 35.7 Å². The maximum Gasteiger partial charge on any atom is 0.255 e. The lowest BCUT2D eigenvalue weighted by Crippen LogP contribution is -2.11. The van der Waals surface area contributed by atoms with Crippen molar-refractivity contribution < 1.29 is 4.79 Å². The number of anilines is 1. The van der Waals surface area contributed by atoms with E-state index in [2.05, 4.69) is 19.2 Å². The summed E-state index contributed by atoms with van der Waals surface area (Å²) in [5, 5.41) is 2.89. The highest BCUT2D eigenvalue weighted by Crippen LogP contribution is 2.17. The summed E-state index contributed by atoms with van der Waals surface area (Å²) in [6, 6.07) is 17.2. The van der Waals surface area contributed by atoms with Crippen LogP contribution in [-0.4, -0.2) is 5.91 Å². The molecule has 0 saturated heterocycles. The minimum Gasteiger partial charge on any atom is -0.322 e. The molecule has 2 aromatic rings. The van der Waals surface area contributed by atoms with Crippen LogP contribution in [0.25, 0.3) is 0 Å². The first-order valence-corrected chi connectivity index (χ1v) is 6.13. The van der Waals surface area contributed by atoms with Gasteiger partial charge in [-0.3, -0.25) is 4.79 Å². The minimum absolute atomic E-state index is 0.0760. The van der Waals surface area contributed by atoms with E-state index in [0.29, 0.717) is 11.5 Å². The van der Waals surface area contributed by atoms with Gasteiger partial charge in [0.2, 0.25) is 0 Å². The van der Waals surface area contributed by atoms with Crippen LogP contribution in [0.4, 0.5) is 5.69 Å². The second-order valence-corrected chi connectivity index (χ2v) is 4.60. The number of hydrogen-bond donors (Lipinski definition) is 1. The summed E-state index contributed by atoms with van der Waals surface area (Å²) < 4.78 is 0. The second kappa shape index (κ2) is 5.50. The highest BCUT2D eigenvalue weighted by Gasteiger charge is 2.05. The van der Waals surface area contributed by atoms with E-state index in [0.717, 1.165) is 5.69 Å². The molecule has 2 aromatic carbocycles. The van der Waals surface area contributed by atoms with Crippen molar-refractivity contribution in [1.29, 1.82) is 0 Å². The summed E-state index contributed by atoms with van der Waals surface area (Å²) in [7, 11) is 0. The van der Waals surface area contributed by atoms with Gasteiger partial charge >= 0.3 is 0 Å². The van der Waals surface area contributed by atoms with Gasteiger partial charge in [0.1, 0.15) is 0 Å². The molecule has 0 unspecified atom stereocenters. The topological polar surface area (TPSA) is 29.1 Å². The van der Waals surface area contributed by atoms with Crippen LogP contribution in [0.2, 0.25) is 0 Å². The van der Waals surface area contributed by atoms with Crippen LogP contribution in [0.1, 0.15) is 35.7 Å². The number of rotatable bonds is 3. The zero-order chi connectivity index (χ0) is 13.0. The maximum atomic E-state index is 11.9. The molecule has 0 heterocycles. The molecule has 0 spiro atoms. The third-order valence-corrected chi connectivity index (χ3v) is 2.87. The van der Waals surface area contributed by atoms with Crippen LogP contribution < -0.4 is 5.32 Å². The molecular formula is C16H17NO. The Kier molecular flexibility index (Phi) is 3.78. The Morgan fingerprint density at radius 1 is 0.944 bits per heavy atom. The predicted octanol–water partition coefficient (Wildman–Crippen LogP) is 4.06. The van der Waals surface area contributed by atoms with Crippen LogP contribution in [0.15, 0.2) is 54.6 Å². The molecule has 0 aliphatic carbocycles. The van der Waals surface area contributed by atoms with Gasteiger partial charge in [-0.25, -0.2) is 0 Å². The van der Waals surface area contributed by atoms with E-state index in [1.165, 1.54) is 5.56 Å². The molecule has 0 bridgehead atoms. The van der Waals surface area contributed by atoms with Crippen molar-refractivity contribution in [2.24, 2.45) is 0 Å². The van der Waals surface area contributed by atoms with Gasteiger partial charge in [0, 0.05) is 11.3 Å². The van der Waals surface area contributed by atoms with Gasteiger partial charge in [0.25, 0.3) is 5.91 Å². The smallest absolute Gasteiger partial charge is 0.255 e. The molecule has 2 heteroatoms. The number of hydrogen-bond acceptors (Lipinski definition) is 1. The number of carbonyl (C=O) groups excluding carboxylic acids is 1. The molecule has 18 heavy (non-hydrogen) atoms. The Morgan fingerprint density at radius 2 is 1.56 bits per heavy atom. The zero-order valence-corrected chi connectivity index (χ0v) is 10.7. The molecule has 0 atom stereocenters. The van der Waals surface area contributed by atoms with Gasteiger partial charge in [-0.15, -0.1) is 0 Å². The molecule has 1 N–H and O–H groups in total. The summed E-state index contributed by atoms with van der Waals surface area (Å²) >= 11 is 0. The molecule has 0 aliphatic heterocycles. The van der Waals surface area contributed by atoms with Crippen molar-refractivity contribution in [3.05, 3.63) is 65.7 Å². The molecule has 0 aromatic heterocycles. The van der Waals surface area contributed by atoms with E-state index in [4.69, 9.17) is 0 Å². The Hall–Kier alpha value is -2.09. The van der Waals surface area contributed by atoms with Crippen molar-refractivity contribution in [3.63, 3.8) is 0 Å². The zero-order valence-electron chi connectivity index (χ0n) is 10.7. The van der Waals surface area contributed by atoms with Gasteiger partial charge in [0.05, 0.1) is 0 Å². The van der Waals surface area contributed by atoms with Gasteiger partial charge in [-0.2, -0.15) is 0 Å². The first-order valence-electron chi connectivity index (χ1n) is 6.13. The van der Waals surface area contributed by atoms with Gasteiger partial charge in [0.15, 0.2) is 0 Å². The van der Waals surface area contributed by atoms with Crippen LogP contribution in [-0.2, 0) is 0 Å². The highest BCUT2D eigenvalue weighted by molar-refractivity contribution is 6.04. The summed E-state index contributed by atoms with van der Waals surface area (Å²) in [5.41, 5.74) is 2.77. The van der Waals surface area contributed by atoms with Crippen molar-refractivity contribution in [2.45, 2.75) is 19.8 Å². The van der Waals surface area contributed by atoms with Crippen LogP contribution in [0.3, 0.4) is 0 Å². The minimum atomic E-state index is -0.0760. The fraction of sp³-hybridized carbons (Fsp3) is 0.188. The van der Waals surface area contributed by atoms with Crippen molar-refractivity contribution in [1.82, 2.24) is 0 Å². The molecule has 2 nitrogen and oxygen atoms in total. The van der Waals surface area contributed by atoms with Gasteiger partial charge < -0.3 is 5.32 Å². The Bertz CT molecular complexity index is 515. The molecule has 0 aliphatic rings. The molecule has 1 amide bonds. The molecular weight excluding hydrogens is 222 g/mol. The van der Waals surface area contributed by atoms with Gasteiger partial charge in [-0.1, -0.05) is 44.2 Å². The molecule has 0 fully saturated rings. The summed E-state index contributed by atoms with van der Waals surface area (Å²) in [5.74, 6) is 0.428. The third kappa shape index (κ3) is 2.98. The number of benzene rings is 2. The van der Waals surface area contributed by atoms with Crippen LogP contribution in [0.5, 0.6) is 0 Å². The SMILES string of the molecule is CC(C)c1ccc(NC(=O)c2ccccc2)cc1. The Morgan fingerprint density at radius 3 is 2.11 bits per heavy atom. The first-order chi connectivity index (χ1) is 8.66.